The molecule has 1 aliphatic rings. The van der Waals surface area contributed by atoms with E-state index in [1.54, 1.807) is 0 Å². The summed E-state index contributed by atoms with van der Waals surface area (Å²) in [5.74, 6) is 3.05. The molecule has 1 fully saturated rings. The minimum absolute atomic E-state index is 0.596. The molecule has 0 amide bonds. The number of rotatable bonds is 2. The largest absolute Gasteiger partial charge is 0.109 e. The number of benzene rings is 1. The van der Waals surface area contributed by atoms with Crippen molar-refractivity contribution in [3.63, 3.8) is 0 Å². The highest BCUT2D eigenvalue weighted by Crippen LogP contribution is 2.72. The quantitative estimate of drug-likeness (QED) is 0.734. The van der Waals surface area contributed by atoms with Crippen LogP contribution < -0.4 is 5.30 Å². The van der Waals surface area contributed by atoms with E-state index in [0.29, 0.717) is 5.92 Å². The van der Waals surface area contributed by atoms with Gasteiger partial charge in [0, 0.05) is 16.8 Å². The van der Waals surface area contributed by atoms with Gasteiger partial charge in [0.25, 0.3) is 0 Å². The minimum atomic E-state index is -1.36. The average Bonchev–Trinajstić information content (AvgIpc) is 2.66. The lowest BCUT2D eigenvalue weighted by Crippen LogP contribution is -2.06. The van der Waals surface area contributed by atoms with Crippen LogP contribution in [0.1, 0.15) is 30.9 Å². The molecule has 1 aromatic rings. The number of hydrogen-bond acceptors (Lipinski definition) is 3. The van der Waals surface area contributed by atoms with Gasteiger partial charge in [-0.2, -0.15) is 0 Å². The highest BCUT2D eigenvalue weighted by atomic mass is 33.2. The second-order valence-corrected chi connectivity index (χ2v) is 15.7. The second-order valence-electron chi connectivity index (χ2n) is 4.36. The first-order chi connectivity index (χ1) is 7.53. The molecule has 1 aromatic carbocycles. The SMILES string of the molecule is Cc1ccc(C(C)C)cc1P1(=S)SCCS1. The molecule has 1 heterocycles. The van der Waals surface area contributed by atoms with Gasteiger partial charge in [0.15, 0.2) is 0 Å². The average molecular weight is 288 g/mol. The van der Waals surface area contributed by atoms with Crippen molar-refractivity contribution < 1.29 is 0 Å². The van der Waals surface area contributed by atoms with E-state index in [9.17, 15) is 0 Å². The molecule has 0 aliphatic carbocycles. The first-order valence-corrected chi connectivity index (χ1v) is 11.5. The first kappa shape index (κ1) is 13.0. The van der Waals surface area contributed by atoms with Crippen LogP contribution in [0.4, 0.5) is 0 Å². The lowest BCUT2D eigenvalue weighted by Gasteiger charge is -2.18. The lowest BCUT2D eigenvalue weighted by atomic mass is 10.0. The third-order valence-corrected chi connectivity index (χ3v) is 14.3. The summed E-state index contributed by atoms with van der Waals surface area (Å²) in [4.78, 5) is 0. The normalized spacial score (nSPS) is 19.2. The molecule has 16 heavy (non-hydrogen) atoms. The van der Waals surface area contributed by atoms with E-state index in [2.05, 4.69) is 39.0 Å². The maximum absolute atomic E-state index is 5.90. The van der Waals surface area contributed by atoms with Gasteiger partial charge in [-0.15, -0.1) is 22.8 Å². The molecule has 1 aliphatic heterocycles. The predicted molar refractivity (Wildman–Crippen MR) is 84.1 cm³/mol. The van der Waals surface area contributed by atoms with E-state index in [-0.39, 0.29) is 0 Å². The number of hydrogen-bond donors (Lipinski definition) is 0. The van der Waals surface area contributed by atoms with E-state index < -0.39 is 4.44 Å². The molecule has 0 atom stereocenters. The van der Waals surface area contributed by atoms with Crippen LogP contribution in [0.15, 0.2) is 18.2 Å². The maximum atomic E-state index is 5.90. The summed E-state index contributed by atoms with van der Waals surface area (Å²) in [6.07, 6.45) is 0. The molecule has 0 aromatic heterocycles. The van der Waals surface area contributed by atoms with Gasteiger partial charge in [-0.3, -0.25) is 0 Å². The topological polar surface area (TPSA) is 0 Å². The molecule has 0 radical (unpaired) electrons. The lowest BCUT2D eigenvalue weighted by molar-refractivity contribution is 0.867. The van der Waals surface area contributed by atoms with Gasteiger partial charge in [-0.05, 0) is 30.0 Å². The predicted octanol–water partition coefficient (Wildman–Crippen LogP) is 4.53. The van der Waals surface area contributed by atoms with Crippen molar-refractivity contribution in [2.75, 3.05) is 11.5 Å². The van der Waals surface area contributed by atoms with Crippen molar-refractivity contribution in [3.05, 3.63) is 29.3 Å². The van der Waals surface area contributed by atoms with Gasteiger partial charge < -0.3 is 0 Å². The van der Waals surface area contributed by atoms with Gasteiger partial charge in [0.1, 0.15) is 0 Å². The fourth-order valence-corrected chi connectivity index (χ4v) is 13.0. The zero-order valence-electron chi connectivity index (χ0n) is 9.90. The summed E-state index contributed by atoms with van der Waals surface area (Å²) in [7, 11) is 0. The van der Waals surface area contributed by atoms with Gasteiger partial charge in [0.2, 0.25) is 0 Å². The Morgan fingerprint density at radius 2 is 1.88 bits per heavy atom. The Kier molecular flexibility index (Phi) is 4.11. The number of aryl methyl sites for hydroxylation is 1. The van der Waals surface area contributed by atoms with E-state index in [4.69, 9.17) is 11.8 Å². The smallest absolute Gasteiger partial charge is 0.0853 e. The highest BCUT2D eigenvalue weighted by Gasteiger charge is 2.28. The standard InChI is InChI=1S/C12H17PS3/c1-9(2)11-5-4-10(3)12(8-11)13(14)15-6-7-16-13/h4-5,8-9H,6-7H2,1-3H3. The summed E-state index contributed by atoms with van der Waals surface area (Å²) in [5, 5.41) is 1.46. The third kappa shape index (κ3) is 2.53. The Bertz CT molecular complexity index is 430. The monoisotopic (exact) mass is 288 g/mol. The van der Waals surface area contributed by atoms with Crippen LogP contribution in [0.5, 0.6) is 0 Å². The van der Waals surface area contributed by atoms with Crippen molar-refractivity contribution in [2.45, 2.75) is 26.7 Å². The molecule has 88 valence electrons. The van der Waals surface area contributed by atoms with Gasteiger partial charge >= 0.3 is 0 Å². The van der Waals surface area contributed by atoms with Gasteiger partial charge in [0.05, 0.1) is 4.44 Å². The summed E-state index contributed by atoms with van der Waals surface area (Å²) in [6, 6.07) is 6.86. The Balaban J connectivity index is 2.47. The third-order valence-electron chi connectivity index (χ3n) is 2.80. The van der Waals surface area contributed by atoms with Crippen LogP contribution in [0.25, 0.3) is 0 Å². The summed E-state index contributed by atoms with van der Waals surface area (Å²) in [6.45, 7) is 6.70. The van der Waals surface area contributed by atoms with E-state index in [1.165, 1.54) is 27.9 Å². The van der Waals surface area contributed by atoms with Crippen molar-refractivity contribution in [1.29, 1.82) is 0 Å². The zero-order chi connectivity index (χ0) is 11.8. The first-order valence-electron chi connectivity index (χ1n) is 5.53. The molecule has 0 N–H and O–H groups in total. The fraction of sp³-hybridized carbons (Fsp3) is 0.500. The van der Waals surface area contributed by atoms with Crippen molar-refractivity contribution in [3.8, 4) is 0 Å². The van der Waals surface area contributed by atoms with Gasteiger partial charge in [-0.25, -0.2) is 0 Å². The molecule has 0 spiro atoms. The Hall–Kier alpha value is 0.570. The molecule has 0 unspecified atom stereocenters. The van der Waals surface area contributed by atoms with Crippen LogP contribution in [-0.4, -0.2) is 11.5 Å². The molecular weight excluding hydrogens is 271 g/mol. The van der Waals surface area contributed by atoms with E-state index >= 15 is 0 Å². The van der Waals surface area contributed by atoms with Crippen LogP contribution in [0, 0.1) is 6.92 Å². The Morgan fingerprint density at radius 3 is 2.44 bits per heavy atom. The molecule has 4 heteroatoms. The Morgan fingerprint density at radius 1 is 1.25 bits per heavy atom. The van der Waals surface area contributed by atoms with Crippen molar-refractivity contribution in [2.24, 2.45) is 0 Å². The summed E-state index contributed by atoms with van der Waals surface area (Å²) < 4.78 is -1.36. The van der Waals surface area contributed by atoms with Crippen LogP contribution >= 0.6 is 27.2 Å². The van der Waals surface area contributed by atoms with E-state index in [0.717, 1.165) is 0 Å². The van der Waals surface area contributed by atoms with Crippen molar-refractivity contribution >= 4 is 44.3 Å². The fourth-order valence-electron chi connectivity index (χ4n) is 1.77. The molecule has 0 nitrogen and oxygen atoms in total. The van der Waals surface area contributed by atoms with E-state index in [1.807, 2.05) is 22.8 Å². The van der Waals surface area contributed by atoms with Crippen LogP contribution in [0.3, 0.4) is 0 Å². The molecule has 2 rings (SSSR count). The Labute approximate surface area is 111 Å². The van der Waals surface area contributed by atoms with Crippen LogP contribution in [0.2, 0.25) is 0 Å². The molecule has 0 bridgehead atoms. The molecule has 1 saturated heterocycles. The van der Waals surface area contributed by atoms with Gasteiger partial charge in [-0.1, -0.05) is 37.8 Å². The summed E-state index contributed by atoms with van der Waals surface area (Å²) >= 11 is 9.95. The molecular formula is C12H17PS3. The van der Waals surface area contributed by atoms with Crippen LogP contribution in [-0.2, 0) is 11.8 Å². The zero-order valence-corrected chi connectivity index (χ0v) is 13.2. The minimum Gasteiger partial charge on any atom is -0.109 e. The molecule has 0 saturated carbocycles. The highest BCUT2D eigenvalue weighted by molar-refractivity contribution is 9.03. The summed E-state index contributed by atoms with van der Waals surface area (Å²) in [5.41, 5.74) is 2.81. The maximum Gasteiger partial charge on any atom is 0.0853 e. The van der Waals surface area contributed by atoms with Crippen molar-refractivity contribution in [1.82, 2.24) is 0 Å². The second kappa shape index (κ2) is 5.06.